The summed E-state index contributed by atoms with van der Waals surface area (Å²) >= 11 is 0. The molecule has 32 heavy (non-hydrogen) atoms. The zero-order valence-corrected chi connectivity index (χ0v) is 19.4. The summed E-state index contributed by atoms with van der Waals surface area (Å²) in [5.41, 5.74) is 3.28. The lowest BCUT2D eigenvalue weighted by Gasteiger charge is -2.35. The first-order valence-corrected chi connectivity index (χ1v) is 12.0. The van der Waals surface area contributed by atoms with Crippen molar-refractivity contribution in [3.63, 3.8) is 0 Å². The number of piperazine rings is 1. The Balaban J connectivity index is 1.47. The van der Waals surface area contributed by atoms with E-state index in [1.807, 2.05) is 31.2 Å². The molecule has 1 fully saturated rings. The molecule has 0 radical (unpaired) electrons. The van der Waals surface area contributed by atoms with Gasteiger partial charge in [-0.2, -0.15) is 4.31 Å². The molecule has 2 heterocycles. The van der Waals surface area contributed by atoms with E-state index in [4.69, 9.17) is 9.72 Å². The Morgan fingerprint density at radius 1 is 0.906 bits per heavy atom. The van der Waals surface area contributed by atoms with Crippen LogP contribution in [0.4, 0.5) is 17.3 Å². The molecule has 0 spiro atoms. The number of ether oxygens (including phenoxy) is 1. The highest BCUT2D eigenvalue weighted by atomic mass is 32.2. The largest absolute Gasteiger partial charge is 0.497 e. The lowest BCUT2D eigenvalue weighted by Crippen LogP contribution is -2.49. The fourth-order valence-electron chi connectivity index (χ4n) is 3.73. The molecular weight excluding hydrogens is 424 g/mol. The van der Waals surface area contributed by atoms with Gasteiger partial charge in [-0.05, 0) is 55.8 Å². The molecule has 1 aromatic heterocycles. The number of nitrogens with zero attached hydrogens (tertiary/aromatic N) is 3. The van der Waals surface area contributed by atoms with Crippen LogP contribution in [0.15, 0.2) is 65.6 Å². The van der Waals surface area contributed by atoms with Crippen molar-refractivity contribution in [3.05, 3.63) is 71.8 Å². The Morgan fingerprint density at radius 2 is 1.62 bits per heavy atom. The number of aromatic nitrogens is 1. The van der Waals surface area contributed by atoms with Crippen LogP contribution in [-0.2, 0) is 10.0 Å². The van der Waals surface area contributed by atoms with E-state index in [0.29, 0.717) is 31.9 Å². The third-order valence-electron chi connectivity index (χ3n) is 5.52. The Kier molecular flexibility index (Phi) is 6.34. The predicted molar refractivity (Wildman–Crippen MR) is 127 cm³/mol. The first kappa shape index (κ1) is 22.1. The first-order chi connectivity index (χ1) is 15.3. The number of pyridine rings is 1. The summed E-state index contributed by atoms with van der Waals surface area (Å²) < 4.78 is 32.8. The molecule has 7 nitrogen and oxygen atoms in total. The summed E-state index contributed by atoms with van der Waals surface area (Å²) in [6.45, 7) is 6.04. The van der Waals surface area contributed by atoms with Gasteiger partial charge < -0.3 is 15.0 Å². The summed E-state index contributed by atoms with van der Waals surface area (Å²) in [6.07, 6.45) is 0. The second-order valence-corrected chi connectivity index (χ2v) is 9.89. The summed E-state index contributed by atoms with van der Waals surface area (Å²) in [7, 11) is -2.04. The number of hydrogen-bond donors (Lipinski definition) is 1. The molecule has 2 aromatic carbocycles. The van der Waals surface area contributed by atoms with E-state index in [1.165, 1.54) is 17.0 Å². The smallest absolute Gasteiger partial charge is 0.243 e. The molecule has 0 amide bonds. The van der Waals surface area contributed by atoms with Crippen molar-refractivity contribution in [1.82, 2.24) is 9.29 Å². The molecule has 0 unspecified atom stereocenters. The Hall–Kier alpha value is -3.10. The van der Waals surface area contributed by atoms with Crippen molar-refractivity contribution >= 4 is 27.3 Å². The molecule has 1 N–H and O–H groups in total. The van der Waals surface area contributed by atoms with Crippen molar-refractivity contribution in [2.75, 3.05) is 43.5 Å². The maximum atomic E-state index is 13.1. The third-order valence-corrected chi connectivity index (χ3v) is 7.42. The molecule has 1 saturated heterocycles. The van der Waals surface area contributed by atoms with E-state index in [-0.39, 0.29) is 4.90 Å². The van der Waals surface area contributed by atoms with E-state index in [1.54, 1.807) is 24.3 Å². The zero-order valence-electron chi connectivity index (χ0n) is 18.6. The highest BCUT2D eigenvalue weighted by Crippen LogP contribution is 2.25. The van der Waals surface area contributed by atoms with E-state index in [2.05, 4.69) is 29.3 Å². The van der Waals surface area contributed by atoms with Gasteiger partial charge in [-0.15, -0.1) is 0 Å². The molecule has 0 atom stereocenters. The number of anilines is 3. The van der Waals surface area contributed by atoms with Crippen LogP contribution >= 0.6 is 0 Å². The van der Waals surface area contributed by atoms with Gasteiger partial charge >= 0.3 is 0 Å². The van der Waals surface area contributed by atoms with Gasteiger partial charge in [0.15, 0.2) is 0 Å². The van der Waals surface area contributed by atoms with Crippen LogP contribution in [0, 0.1) is 13.8 Å². The van der Waals surface area contributed by atoms with Gasteiger partial charge in [-0.1, -0.05) is 23.8 Å². The van der Waals surface area contributed by atoms with Gasteiger partial charge in [0, 0.05) is 37.9 Å². The lowest BCUT2D eigenvalue weighted by atomic mass is 10.2. The minimum atomic E-state index is -3.57. The van der Waals surface area contributed by atoms with Crippen LogP contribution < -0.4 is 15.0 Å². The second-order valence-electron chi connectivity index (χ2n) is 7.95. The van der Waals surface area contributed by atoms with Crippen molar-refractivity contribution < 1.29 is 13.2 Å². The normalized spacial score (nSPS) is 14.9. The highest BCUT2D eigenvalue weighted by Gasteiger charge is 2.29. The number of rotatable bonds is 6. The van der Waals surface area contributed by atoms with Gasteiger partial charge in [0.1, 0.15) is 17.4 Å². The molecule has 0 saturated carbocycles. The van der Waals surface area contributed by atoms with E-state index >= 15 is 0 Å². The molecule has 0 bridgehead atoms. The van der Waals surface area contributed by atoms with E-state index < -0.39 is 10.0 Å². The number of methoxy groups -OCH3 is 1. The van der Waals surface area contributed by atoms with Crippen LogP contribution in [0.1, 0.15) is 11.1 Å². The average Bonchev–Trinajstić information content (AvgIpc) is 2.80. The van der Waals surface area contributed by atoms with E-state index in [9.17, 15) is 8.42 Å². The van der Waals surface area contributed by atoms with Crippen LogP contribution in [0.3, 0.4) is 0 Å². The number of benzene rings is 2. The summed E-state index contributed by atoms with van der Waals surface area (Å²) in [4.78, 5) is 7.16. The minimum absolute atomic E-state index is 0.253. The van der Waals surface area contributed by atoms with E-state index in [0.717, 1.165) is 22.9 Å². The quantitative estimate of drug-likeness (QED) is 0.610. The van der Waals surface area contributed by atoms with Gasteiger partial charge in [0.05, 0.1) is 12.0 Å². The minimum Gasteiger partial charge on any atom is -0.497 e. The van der Waals surface area contributed by atoms with Crippen molar-refractivity contribution in [1.29, 1.82) is 0 Å². The summed E-state index contributed by atoms with van der Waals surface area (Å²) in [6, 6.07) is 18.8. The van der Waals surface area contributed by atoms with Crippen molar-refractivity contribution in [2.45, 2.75) is 18.7 Å². The number of sulfonamides is 1. The summed E-state index contributed by atoms with van der Waals surface area (Å²) in [5.74, 6) is 2.15. The van der Waals surface area contributed by atoms with Gasteiger partial charge in [0.2, 0.25) is 10.0 Å². The maximum absolute atomic E-state index is 13.1. The maximum Gasteiger partial charge on any atom is 0.243 e. The molecule has 4 rings (SSSR count). The first-order valence-electron chi connectivity index (χ1n) is 10.6. The Morgan fingerprint density at radius 3 is 2.31 bits per heavy atom. The van der Waals surface area contributed by atoms with Gasteiger partial charge in [0.25, 0.3) is 0 Å². The number of aryl methyl sites for hydroxylation is 2. The standard InChI is InChI=1S/C24H28N4O3S/c1-18-7-9-20(10-8-18)25-23-15-19(2)16-24(26-23)27-11-13-28(14-12-27)32(29,30)22-6-4-5-21(17-22)31-3/h4-10,15-17H,11-14H2,1-3H3,(H,25,26). The van der Waals surface area contributed by atoms with Crippen molar-refractivity contribution in [2.24, 2.45) is 0 Å². The van der Waals surface area contributed by atoms with Crippen LogP contribution in [-0.4, -0.2) is 51.0 Å². The summed E-state index contributed by atoms with van der Waals surface area (Å²) in [5, 5.41) is 3.36. The molecule has 0 aliphatic carbocycles. The molecule has 3 aromatic rings. The third kappa shape index (κ3) is 4.87. The molecule has 168 valence electrons. The number of hydrogen-bond acceptors (Lipinski definition) is 6. The fraction of sp³-hybridized carbons (Fsp3) is 0.292. The Bertz CT molecular complexity index is 1190. The van der Waals surface area contributed by atoms with Crippen LogP contribution in [0.2, 0.25) is 0 Å². The zero-order chi connectivity index (χ0) is 22.7. The van der Waals surface area contributed by atoms with Crippen LogP contribution in [0.25, 0.3) is 0 Å². The molecule has 1 aliphatic heterocycles. The molecular formula is C24H28N4O3S. The topological polar surface area (TPSA) is 74.8 Å². The Labute approximate surface area is 189 Å². The van der Waals surface area contributed by atoms with Gasteiger partial charge in [-0.25, -0.2) is 13.4 Å². The van der Waals surface area contributed by atoms with Crippen LogP contribution in [0.5, 0.6) is 5.75 Å². The van der Waals surface area contributed by atoms with Crippen molar-refractivity contribution in [3.8, 4) is 5.75 Å². The SMILES string of the molecule is COc1cccc(S(=O)(=O)N2CCN(c3cc(C)cc(Nc4ccc(C)cc4)n3)CC2)c1. The molecule has 1 aliphatic rings. The second kappa shape index (κ2) is 9.18. The molecule has 8 heteroatoms. The highest BCUT2D eigenvalue weighted by molar-refractivity contribution is 7.89. The van der Waals surface area contributed by atoms with Gasteiger partial charge in [-0.3, -0.25) is 0 Å². The fourth-order valence-corrected chi connectivity index (χ4v) is 5.19. The average molecular weight is 453 g/mol. The predicted octanol–water partition coefficient (Wildman–Crippen LogP) is 3.96. The number of nitrogens with one attached hydrogen (secondary N) is 1. The lowest BCUT2D eigenvalue weighted by molar-refractivity contribution is 0.382. The monoisotopic (exact) mass is 452 g/mol.